The van der Waals surface area contributed by atoms with Crippen LogP contribution in [0, 0.1) is 5.92 Å². The third kappa shape index (κ3) is 5.16. The smallest absolute Gasteiger partial charge is 0.410 e. The van der Waals surface area contributed by atoms with E-state index >= 15 is 0 Å². The van der Waals surface area contributed by atoms with Crippen molar-refractivity contribution in [3.8, 4) is 0 Å². The van der Waals surface area contributed by atoms with Gasteiger partial charge in [0.15, 0.2) is 0 Å². The summed E-state index contributed by atoms with van der Waals surface area (Å²) in [6.07, 6.45) is 2.54. The summed E-state index contributed by atoms with van der Waals surface area (Å²) in [5.41, 5.74) is -0.473. The summed E-state index contributed by atoms with van der Waals surface area (Å²) >= 11 is 0. The number of carbonyl (C=O) groups is 2. The molecule has 22 heavy (non-hydrogen) atoms. The van der Waals surface area contributed by atoms with Gasteiger partial charge in [0, 0.05) is 32.6 Å². The van der Waals surface area contributed by atoms with E-state index in [1.165, 1.54) is 0 Å². The van der Waals surface area contributed by atoms with Crippen LogP contribution in [0.4, 0.5) is 4.79 Å². The van der Waals surface area contributed by atoms with Crippen molar-refractivity contribution in [2.45, 2.75) is 45.6 Å². The number of hydrogen-bond donors (Lipinski definition) is 1. The highest BCUT2D eigenvalue weighted by molar-refractivity contribution is 5.77. The van der Waals surface area contributed by atoms with Gasteiger partial charge in [0.05, 0.1) is 0 Å². The van der Waals surface area contributed by atoms with E-state index in [1.54, 1.807) is 4.90 Å². The molecule has 6 nitrogen and oxygen atoms in total. The number of amides is 2. The molecule has 2 heterocycles. The lowest BCUT2D eigenvalue weighted by atomic mass is 9.94. The molecule has 2 aliphatic rings. The zero-order valence-corrected chi connectivity index (χ0v) is 14.1. The van der Waals surface area contributed by atoms with Crippen LogP contribution in [0.1, 0.15) is 40.0 Å². The zero-order valence-electron chi connectivity index (χ0n) is 14.1. The third-order valence-corrected chi connectivity index (χ3v) is 4.21. The molecule has 1 N–H and O–H groups in total. The first-order valence-corrected chi connectivity index (χ1v) is 8.31. The minimum atomic E-state index is -0.473. The standard InChI is InChI=1S/C16H29N3O3/c1-16(2,3)22-15(21)19-10-8-18(9-11-19)14(20)12-13-4-6-17-7-5-13/h13,17H,4-12H2,1-3H3. The molecule has 0 bridgehead atoms. The SMILES string of the molecule is CC(C)(C)OC(=O)N1CCN(C(=O)CC2CCNCC2)CC1. The summed E-state index contributed by atoms with van der Waals surface area (Å²) < 4.78 is 5.37. The predicted molar refractivity (Wildman–Crippen MR) is 84.6 cm³/mol. The average Bonchev–Trinajstić information content (AvgIpc) is 2.46. The summed E-state index contributed by atoms with van der Waals surface area (Å²) in [5, 5.41) is 3.32. The quantitative estimate of drug-likeness (QED) is 0.838. The van der Waals surface area contributed by atoms with Gasteiger partial charge in [-0.3, -0.25) is 4.79 Å². The summed E-state index contributed by atoms with van der Waals surface area (Å²) in [6, 6.07) is 0. The maximum Gasteiger partial charge on any atom is 0.410 e. The normalized spacial score (nSPS) is 20.9. The Morgan fingerprint density at radius 3 is 2.14 bits per heavy atom. The Kier molecular flexibility index (Phi) is 5.67. The zero-order chi connectivity index (χ0) is 16.2. The van der Waals surface area contributed by atoms with Crippen LogP contribution >= 0.6 is 0 Å². The number of piperidine rings is 1. The van der Waals surface area contributed by atoms with Crippen LogP contribution in [-0.4, -0.2) is 66.7 Å². The lowest BCUT2D eigenvalue weighted by Crippen LogP contribution is -2.52. The fourth-order valence-corrected chi connectivity index (χ4v) is 2.93. The molecule has 2 fully saturated rings. The maximum absolute atomic E-state index is 12.3. The molecular formula is C16H29N3O3. The highest BCUT2D eigenvalue weighted by atomic mass is 16.6. The first-order chi connectivity index (χ1) is 10.3. The van der Waals surface area contributed by atoms with E-state index in [4.69, 9.17) is 4.74 Å². The van der Waals surface area contributed by atoms with E-state index in [0.29, 0.717) is 38.5 Å². The number of piperazine rings is 1. The summed E-state index contributed by atoms with van der Waals surface area (Å²) in [7, 11) is 0. The molecule has 2 rings (SSSR count). The Bertz CT molecular complexity index is 392. The highest BCUT2D eigenvalue weighted by Crippen LogP contribution is 2.18. The van der Waals surface area contributed by atoms with Gasteiger partial charge in [-0.05, 0) is 52.6 Å². The summed E-state index contributed by atoms with van der Waals surface area (Å²) in [6.45, 7) is 9.98. The number of hydrogen-bond acceptors (Lipinski definition) is 4. The lowest BCUT2D eigenvalue weighted by molar-refractivity contribution is -0.134. The van der Waals surface area contributed by atoms with E-state index in [9.17, 15) is 9.59 Å². The van der Waals surface area contributed by atoms with Crippen molar-refractivity contribution in [3.63, 3.8) is 0 Å². The van der Waals surface area contributed by atoms with Crippen molar-refractivity contribution in [1.82, 2.24) is 15.1 Å². The summed E-state index contributed by atoms with van der Waals surface area (Å²) in [4.78, 5) is 27.9. The second-order valence-electron chi connectivity index (χ2n) is 7.25. The topological polar surface area (TPSA) is 61.9 Å². The molecule has 0 aliphatic carbocycles. The minimum Gasteiger partial charge on any atom is -0.444 e. The molecule has 0 saturated carbocycles. The van der Waals surface area contributed by atoms with E-state index in [2.05, 4.69) is 5.32 Å². The Hall–Kier alpha value is -1.30. The van der Waals surface area contributed by atoms with Gasteiger partial charge in [-0.2, -0.15) is 0 Å². The lowest BCUT2D eigenvalue weighted by Gasteiger charge is -2.36. The number of nitrogens with zero attached hydrogens (tertiary/aromatic N) is 2. The van der Waals surface area contributed by atoms with Crippen LogP contribution in [0.15, 0.2) is 0 Å². The Labute approximate surface area is 133 Å². The van der Waals surface area contributed by atoms with Gasteiger partial charge >= 0.3 is 6.09 Å². The van der Waals surface area contributed by atoms with Gasteiger partial charge in [-0.15, -0.1) is 0 Å². The fourth-order valence-electron chi connectivity index (χ4n) is 2.93. The molecule has 2 saturated heterocycles. The van der Waals surface area contributed by atoms with Gasteiger partial charge < -0.3 is 19.9 Å². The van der Waals surface area contributed by atoms with Gasteiger partial charge in [-0.1, -0.05) is 0 Å². The van der Waals surface area contributed by atoms with Crippen molar-refractivity contribution in [2.24, 2.45) is 5.92 Å². The van der Waals surface area contributed by atoms with Crippen molar-refractivity contribution in [1.29, 1.82) is 0 Å². The maximum atomic E-state index is 12.3. The molecule has 126 valence electrons. The molecule has 0 radical (unpaired) electrons. The van der Waals surface area contributed by atoms with Crippen molar-refractivity contribution < 1.29 is 14.3 Å². The largest absolute Gasteiger partial charge is 0.444 e. The molecule has 0 unspecified atom stereocenters. The molecule has 2 amide bonds. The number of carbonyl (C=O) groups excluding carboxylic acids is 2. The Morgan fingerprint density at radius 2 is 1.59 bits per heavy atom. The van der Waals surface area contributed by atoms with Crippen molar-refractivity contribution in [2.75, 3.05) is 39.3 Å². The van der Waals surface area contributed by atoms with E-state index in [0.717, 1.165) is 25.9 Å². The molecule has 0 aromatic rings. The second kappa shape index (κ2) is 7.31. The van der Waals surface area contributed by atoms with Crippen LogP contribution in [0.25, 0.3) is 0 Å². The fraction of sp³-hybridized carbons (Fsp3) is 0.875. The third-order valence-electron chi connectivity index (χ3n) is 4.21. The molecule has 0 aromatic carbocycles. The van der Waals surface area contributed by atoms with Crippen molar-refractivity contribution in [3.05, 3.63) is 0 Å². The van der Waals surface area contributed by atoms with Crippen LogP contribution in [0.3, 0.4) is 0 Å². The summed E-state index contributed by atoms with van der Waals surface area (Å²) in [5.74, 6) is 0.744. The van der Waals surface area contributed by atoms with Gasteiger partial charge in [0.1, 0.15) is 5.60 Å². The first kappa shape index (κ1) is 17.1. The predicted octanol–water partition coefficient (Wildman–Crippen LogP) is 1.46. The monoisotopic (exact) mass is 311 g/mol. The Morgan fingerprint density at radius 1 is 1.05 bits per heavy atom. The van der Waals surface area contributed by atoms with Crippen molar-refractivity contribution >= 4 is 12.0 Å². The van der Waals surface area contributed by atoms with Crippen LogP contribution < -0.4 is 5.32 Å². The van der Waals surface area contributed by atoms with E-state index in [1.807, 2.05) is 25.7 Å². The number of nitrogens with one attached hydrogen (secondary N) is 1. The highest BCUT2D eigenvalue weighted by Gasteiger charge is 2.28. The van der Waals surface area contributed by atoms with Crippen LogP contribution in [0.5, 0.6) is 0 Å². The van der Waals surface area contributed by atoms with E-state index in [-0.39, 0.29) is 12.0 Å². The molecule has 0 aromatic heterocycles. The Balaban J connectivity index is 1.74. The number of ether oxygens (including phenoxy) is 1. The number of rotatable bonds is 2. The molecular weight excluding hydrogens is 282 g/mol. The van der Waals surface area contributed by atoms with Crippen LogP contribution in [0.2, 0.25) is 0 Å². The van der Waals surface area contributed by atoms with E-state index < -0.39 is 5.60 Å². The van der Waals surface area contributed by atoms with Gasteiger partial charge in [0.25, 0.3) is 0 Å². The second-order valence-corrected chi connectivity index (χ2v) is 7.25. The first-order valence-electron chi connectivity index (χ1n) is 8.31. The minimum absolute atomic E-state index is 0.232. The van der Waals surface area contributed by atoms with Gasteiger partial charge in [-0.25, -0.2) is 4.79 Å². The van der Waals surface area contributed by atoms with Gasteiger partial charge in [0.2, 0.25) is 5.91 Å². The molecule has 0 atom stereocenters. The van der Waals surface area contributed by atoms with Crippen LogP contribution in [-0.2, 0) is 9.53 Å². The molecule has 2 aliphatic heterocycles. The average molecular weight is 311 g/mol. The molecule has 6 heteroatoms. The molecule has 0 spiro atoms.